The van der Waals surface area contributed by atoms with Crippen molar-refractivity contribution in [1.29, 1.82) is 0 Å². The van der Waals surface area contributed by atoms with Crippen molar-refractivity contribution in [2.75, 3.05) is 0 Å². The van der Waals surface area contributed by atoms with E-state index >= 15 is 0 Å². The van der Waals surface area contributed by atoms with Gasteiger partial charge in [-0.25, -0.2) is 19.6 Å². The molecule has 3 heterocycles. The van der Waals surface area contributed by atoms with Crippen LogP contribution in [-0.2, 0) is 25.4 Å². The largest absolute Gasteiger partial charge is 0.332 e. The topological polar surface area (TPSA) is 132 Å². The molecule has 4 aromatic rings. The number of hydrazone groups is 1. The number of aromatic nitrogens is 6. The first-order chi connectivity index (χ1) is 14.9. The monoisotopic (exact) mass is 424 g/mol. The first-order valence-corrected chi connectivity index (χ1v) is 9.09. The Morgan fingerprint density at radius 1 is 1.23 bits per heavy atom. The van der Waals surface area contributed by atoms with Crippen molar-refractivity contribution in [3.05, 3.63) is 69.0 Å². The Bertz CT molecular complexity index is 1430. The third-order valence-corrected chi connectivity index (χ3v) is 4.73. The number of amides is 1. The summed E-state index contributed by atoms with van der Waals surface area (Å²) in [7, 11) is 2.85. The van der Waals surface area contributed by atoms with Crippen LogP contribution in [0.3, 0.4) is 0 Å². The molecular weight excluding hydrogens is 407 g/mol. The van der Waals surface area contributed by atoms with Gasteiger partial charge in [-0.1, -0.05) is 0 Å². The molecule has 0 aliphatic heterocycles. The molecule has 31 heavy (non-hydrogen) atoms. The third kappa shape index (κ3) is 3.66. The molecule has 2 N–H and O–H groups in total. The van der Waals surface area contributed by atoms with Gasteiger partial charge in [0.15, 0.2) is 11.2 Å². The normalized spacial score (nSPS) is 11.5. The van der Waals surface area contributed by atoms with Crippen LogP contribution in [0.2, 0.25) is 0 Å². The highest BCUT2D eigenvalue weighted by Crippen LogP contribution is 2.19. The zero-order chi connectivity index (χ0) is 22.1. The number of aromatic amines is 1. The summed E-state index contributed by atoms with van der Waals surface area (Å²) < 4.78 is 16.7. The Hall–Kier alpha value is -4.35. The number of nitrogens with zero attached hydrogens (tertiary/aromatic N) is 6. The second kappa shape index (κ2) is 7.82. The lowest BCUT2D eigenvalue weighted by Gasteiger charge is -2.06. The molecule has 0 radical (unpaired) electrons. The van der Waals surface area contributed by atoms with E-state index < -0.39 is 17.2 Å². The van der Waals surface area contributed by atoms with Crippen molar-refractivity contribution in [2.45, 2.75) is 6.54 Å². The second-order valence-corrected chi connectivity index (χ2v) is 6.75. The number of hydrogen-bond acceptors (Lipinski definition) is 6. The van der Waals surface area contributed by atoms with E-state index in [1.54, 1.807) is 12.1 Å². The minimum absolute atomic E-state index is 0.136. The SMILES string of the molecule is Cn1c(=O)c2c(ncn2CC(=O)N/N=C/c2cn[nH]c2-c2ccc(F)cc2)n(C)c1=O. The number of aryl methyl sites for hydroxylation is 1. The number of fused-ring (bicyclic) bond motifs is 1. The Kier molecular flexibility index (Phi) is 5.03. The minimum Gasteiger partial charge on any atom is -0.315 e. The fourth-order valence-corrected chi connectivity index (χ4v) is 3.12. The van der Waals surface area contributed by atoms with Gasteiger partial charge in [0.1, 0.15) is 12.4 Å². The van der Waals surface area contributed by atoms with Gasteiger partial charge in [-0.15, -0.1) is 0 Å². The Labute approximate surface area is 173 Å². The van der Waals surface area contributed by atoms with Gasteiger partial charge in [-0.3, -0.25) is 23.8 Å². The van der Waals surface area contributed by atoms with Gasteiger partial charge in [0, 0.05) is 25.2 Å². The van der Waals surface area contributed by atoms with Gasteiger partial charge >= 0.3 is 5.69 Å². The van der Waals surface area contributed by atoms with E-state index in [0.717, 1.165) is 4.57 Å². The molecule has 0 fully saturated rings. The average molecular weight is 424 g/mol. The molecule has 0 spiro atoms. The maximum atomic E-state index is 13.1. The van der Waals surface area contributed by atoms with Gasteiger partial charge in [0.2, 0.25) is 0 Å². The lowest BCUT2D eigenvalue weighted by Crippen LogP contribution is -2.38. The lowest BCUT2D eigenvalue weighted by molar-refractivity contribution is -0.121. The van der Waals surface area contributed by atoms with Crippen molar-refractivity contribution >= 4 is 23.3 Å². The predicted octanol–water partition coefficient (Wildman–Crippen LogP) is 0.113. The molecule has 0 atom stereocenters. The number of carbonyl (C=O) groups excluding carboxylic acids is 1. The fraction of sp³-hybridized carbons (Fsp3) is 0.158. The summed E-state index contributed by atoms with van der Waals surface area (Å²) in [4.78, 5) is 40.8. The van der Waals surface area contributed by atoms with Gasteiger partial charge in [-0.2, -0.15) is 10.2 Å². The summed E-state index contributed by atoms with van der Waals surface area (Å²) in [6.07, 6.45) is 4.23. The molecule has 0 unspecified atom stereocenters. The molecule has 0 aliphatic rings. The molecule has 1 amide bonds. The predicted molar refractivity (Wildman–Crippen MR) is 110 cm³/mol. The fourth-order valence-electron chi connectivity index (χ4n) is 3.12. The van der Waals surface area contributed by atoms with E-state index in [1.165, 1.54) is 54.1 Å². The molecule has 4 rings (SSSR count). The van der Waals surface area contributed by atoms with E-state index in [9.17, 15) is 18.8 Å². The van der Waals surface area contributed by atoms with Crippen molar-refractivity contribution in [3.8, 4) is 11.3 Å². The summed E-state index contributed by atoms with van der Waals surface area (Å²) in [6.45, 7) is -0.225. The highest BCUT2D eigenvalue weighted by Gasteiger charge is 2.15. The van der Waals surface area contributed by atoms with Crippen LogP contribution in [0.1, 0.15) is 5.56 Å². The van der Waals surface area contributed by atoms with Crippen molar-refractivity contribution in [3.63, 3.8) is 0 Å². The van der Waals surface area contributed by atoms with E-state index in [-0.39, 0.29) is 23.5 Å². The third-order valence-electron chi connectivity index (χ3n) is 4.73. The van der Waals surface area contributed by atoms with E-state index in [4.69, 9.17) is 0 Å². The first-order valence-electron chi connectivity index (χ1n) is 9.09. The summed E-state index contributed by atoms with van der Waals surface area (Å²) in [5.74, 6) is -0.856. The smallest absolute Gasteiger partial charge is 0.315 e. The molecule has 3 aromatic heterocycles. The maximum absolute atomic E-state index is 13.1. The summed E-state index contributed by atoms with van der Waals surface area (Å²) >= 11 is 0. The van der Waals surface area contributed by atoms with Gasteiger partial charge in [-0.05, 0) is 24.3 Å². The van der Waals surface area contributed by atoms with Crippen LogP contribution in [0.4, 0.5) is 4.39 Å². The molecular formula is C19H17FN8O3. The van der Waals surface area contributed by atoms with Crippen LogP contribution in [0, 0.1) is 5.82 Å². The second-order valence-electron chi connectivity index (χ2n) is 6.75. The molecule has 0 bridgehead atoms. The summed E-state index contributed by atoms with van der Waals surface area (Å²) in [6, 6.07) is 5.84. The first kappa shape index (κ1) is 19.9. The van der Waals surface area contributed by atoms with E-state index in [1.807, 2.05) is 0 Å². The average Bonchev–Trinajstić information content (AvgIpc) is 3.39. The molecule has 0 aliphatic carbocycles. The molecule has 158 valence electrons. The molecule has 12 heteroatoms. The maximum Gasteiger partial charge on any atom is 0.332 e. The number of hydrogen-bond donors (Lipinski definition) is 2. The van der Waals surface area contributed by atoms with E-state index in [0.29, 0.717) is 16.8 Å². The van der Waals surface area contributed by atoms with Crippen LogP contribution < -0.4 is 16.7 Å². The summed E-state index contributed by atoms with van der Waals surface area (Å²) in [5, 5.41) is 10.7. The van der Waals surface area contributed by atoms with Gasteiger partial charge in [0.05, 0.1) is 24.4 Å². The standard InChI is InChI=1S/C19H17FN8O3/c1-26-17-16(18(30)27(2)19(26)31)28(10-21-17)9-14(29)24-22-7-12-8-23-25-15(12)11-3-5-13(20)6-4-11/h3-8,10H,9H2,1-2H3,(H,23,25)(H,24,29)/b22-7+. The highest BCUT2D eigenvalue weighted by atomic mass is 19.1. The van der Waals surface area contributed by atoms with Crippen LogP contribution in [0.5, 0.6) is 0 Å². The quantitative estimate of drug-likeness (QED) is 0.347. The minimum atomic E-state index is -0.547. The highest BCUT2D eigenvalue weighted by molar-refractivity contribution is 5.89. The van der Waals surface area contributed by atoms with Crippen LogP contribution in [-0.4, -0.2) is 41.0 Å². The number of carbonyl (C=O) groups is 1. The van der Waals surface area contributed by atoms with Gasteiger partial charge < -0.3 is 4.57 Å². The number of H-pyrrole nitrogens is 1. The van der Waals surface area contributed by atoms with Crippen LogP contribution >= 0.6 is 0 Å². The molecule has 0 saturated carbocycles. The Balaban J connectivity index is 1.51. The Morgan fingerprint density at radius 2 is 1.97 bits per heavy atom. The van der Waals surface area contributed by atoms with Crippen LogP contribution in [0.15, 0.2) is 51.5 Å². The van der Waals surface area contributed by atoms with Crippen molar-refractivity contribution in [1.82, 2.24) is 34.3 Å². The van der Waals surface area contributed by atoms with Crippen LogP contribution in [0.25, 0.3) is 22.4 Å². The zero-order valence-corrected chi connectivity index (χ0v) is 16.5. The molecule has 11 nitrogen and oxygen atoms in total. The number of rotatable bonds is 5. The van der Waals surface area contributed by atoms with Gasteiger partial charge in [0.25, 0.3) is 11.5 Å². The molecule has 1 aromatic carbocycles. The van der Waals surface area contributed by atoms with Crippen molar-refractivity contribution in [2.24, 2.45) is 19.2 Å². The van der Waals surface area contributed by atoms with Crippen molar-refractivity contribution < 1.29 is 9.18 Å². The number of nitrogens with one attached hydrogen (secondary N) is 2. The molecule has 0 saturated heterocycles. The Morgan fingerprint density at radius 3 is 2.71 bits per heavy atom. The number of halogens is 1. The van der Waals surface area contributed by atoms with E-state index in [2.05, 4.69) is 25.7 Å². The number of imidazole rings is 1. The lowest BCUT2D eigenvalue weighted by atomic mass is 10.1. The summed E-state index contributed by atoms with van der Waals surface area (Å²) in [5.41, 5.74) is 3.55. The number of benzene rings is 1. The zero-order valence-electron chi connectivity index (χ0n) is 16.5.